The van der Waals surface area contributed by atoms with E-state index in [0.717, 1.165) is 16.8 Å². The van der Waals surface area contributed by atoms with Crippen LogP contribution >= 0.6 is 0 Å². The summed E-state index contributed by atoms with van der Waals surface area (Å²) in [6.07, 6.45) is 0.885. The molecule has 0 radical (unpaired) electrons. The van der Waals surface area contributed by atoms with Gasteiger partial charge in [-0.05, 0) is 37.0 Å². The molecule has 1 aliphatic carbocycles. The molecule has 1 aliphatic rings. The van der Waals surface area contributed by atoms with Crippen LogP contribution in [0.5, 0.6) is 0 Å². The Bertz CT molecular complexity index is 819. The number of rotatable bonds is 3. The number of aliphatic hydroxyl groups excluding tert-OH is 1. The van der Waals surface area contributed by atoms with Crippen LogP contribution in [0.15, 0.2) is 70.9 Å². The predicted octanol–water partition coefficient (Wildman–Crippen LogP) is 5.05. The molecule has 0 saturated heterocycles. The van der Waals surface area contributed by atoms with Gasteiger partial charge < -0.3 is 5.11 Å². The Labute approximate surface area is 142 Å². The molecule has 0 aliphatic heterocycles. The summed E-state index contributed by atoms with van der Waals surface area (Å²) in [6.45, 7) is 3.77. The first-order valence-corrected chi connectivity index (χ1v) is 8.18. The van der Waals surface area contributed by atoms with E-state index in [-0.39, 0.29) is 17.5 Å². The van der Waals surface area contributed by atoms with Crippen molar-refractivity contribution >= 4 is 17.2 Å². The number of hydrogen-bond acceptors (Lipinski definition) is 3. The highest BCUT2D eigenvalue weighted by Crippen LogP contribution is 2.34. The Morgan fingerprint density at radius 3 is 2.38 bits per heavy atom. The minimum absolute atomic E-state index is 0.0358. The van der Waals surface area contributed by atoms with Crippen LogP contribution in [0.1, 0.15) is 36.8 Å². The van der Waals surface area contributed by atoms with Crippen molar-refractivity contribution < 1.29 is 9.90 Å². The molecular formula is C21H21NO2. The second kappa shape index (κ2) is 6.83. The summed E-state index contributed by atoms with van der Waals surface area (Å²) in [5.41, 5.74) is 3.92. The van der Waals surface area contributed by atoms with E-state index in [2.05, 4.69) is 4.99 Å². The molecule has 0 saturated carbocycles. The molecule has 2 aromatic rings. The van der Waals surface area contributed by atoms with Crippen LogP contribution in [0.4, 0.5) is 5.69 Å². The molecule has 0 fully saturated rings. The molecule has 0 spiro atoms. The standard InChI is InChI=1S/C21H21NO2/c1-14-8-6-7-11-18(14)22-15(2)21-19(23)12-17(13-20(21)24)16-9-4-3-5-10-16/h3-11,17,23H,12-13H2,1-2H3. The maximum absolute atomic E-state index is 12.6. The summed E-state index contributed by atoms with van der Waals surface area (Å²) in [4.78, 5) is 17.2. The Kier molecular flexibility index (Phi) is 4.61. The summed E-state index contributed by atoms with van der Waals surface area (Å²) >= 11 is 0. The third-order valence-corrected chi connectivity index (χ3v) is 4.48. The number of nitrogens with zero attached hydrogens (tertiary/aromatic N) is 1. The second-order valence-corrected chi connectivity index (χ2v) is 6.24. The van der Waals surface area contributed by atoms with Gasteiger partial charge in [0.25, 0.3) is 0 Å². The van der Waals surface area contributed by atoms with Gasteiger partial charge in [-0.2, -0.15) is 0 Å². The first-order chi connectivity index (χ1) is 11.6. The number of aryl methyl sites for hydroxylation is 1. The number of hydrogen-bond donors (Lipinski definition) is 1. The monoisotopic (exact) mass is 319 g/mol. The lowest BCUT2D eigenvalue weighted by Gasteiger charge is -2.23. The fraction of sp³-hybridized carbons (Fsp3) is 0.238. The van der Waals surface area contributed by atoms with E-state index in [1.165, 1.54) is 0 Å². The topological polar surface area (TPSA) is 49.7 Å². The largest absolute Gasteiger partial charge is 0.511 e. The molecule has 2 aromatic carbocycles. The van der Waals surface area contributed by atoms with Gasteiger partial charge in [-0.1, -0.05) is 48.5 Å². The van der Waals surface area contributed by atoms with E-state index in [1.807, 2.05) is 61.5 Å². The minimum Gasteiger partial charge on any atom is -0.511 e. The third kappa shape index (κ3) is 3.30. The van der Waals surface area contributed by atoms with Gasteiger partial charge in [-0.15, -0.1) is 0 Å². The molecule has 3 rings (SSSR count). The summed E-state index contributed by atoms with van der Waals surface area (Å²) in [5, 5.41) is 10.5. The van der Waals surface area contributed by atoms with E-state index in [9.17, 15) is 9.90 Å². The first kappa shape index (κ1) is 16.2. The van der Waals surface area contributed by atoms with Gasteiger partial charge in [0.2, 0.25) is 0 Å². The highest BCUT2D eigenvalue weighted by atomic mass is 16.3. The molecule has 1 atom stereocenters. The van der Waals surface area contributed by atoms with Crippen molar-refractivity contribution in [1.82, 2.24) is 0 Å². The summed E-state index contributed by atoms with van der Waals surface area (Å²) in [7, 11) is 0. The molecule has 122 valence electrons. The third-order valence-electron chi connectivity index (χ3n) is 4.48. The fourth-order valence-corrected chi connectivity index (χ4v) is 3.19. The SMILES string of the molecule is CC(=Nc1ccccc1C)C1=C(O)CC(c2ccccc2)CC1=O. The smallest absolute Gasteiger partial charge is 0.168 e. The number of para-hydroxylation sites is 1. The van der Waals surface area contributed by atoms with Crippen molar-refractivity contribution in [2.24, 2.45) is 4.99 Å². The molecule has 0 heterocycles. The van der Waals surface area contributed by atoms with Crippen LogP contribution in [0.2, 0.25) is 0 Å². The van der Waals surface area contributed by atoms with Crippen LogP contribution in [-0.4, -0.2) is 16.6 Å². The van der Waals surface area contributed by atoms with Gasteiger partial charge in [0, 0.05) is 12.8 Å². The summed E-state index contributed by atoms with van der Waals surface area (Å²) < 4.78 is 0. The van der Waals surface area contributed by atoms with E-state index in [0.29, 0.717) is 24.1 Å². The van der Waals surface area contributed by atoms with E-state index in [4.69, 9.17) is 0 Å². The molecular weight excluding hydrogens is 298 g/mol. The van der Waals surface area contributed by atoms with Crippen LogP contribution in [0, 0.1) is 6.92 Å². The lowest BCUT2D eigenvalue weighted by atomic mass is 9.81. The average Bonchev–Trinajstić information content (AvgIpc) is 2.57. The second-order valence-electron chi connectivity index (χ2n) is 6.24. The van der Waals surface area contributed by atoms with Crippen molar-refractivity contribution in [2.45, 2.75) is 32.6 Å². The minimum atomic E-state index is -0.0394. The number of allylic oxidation sites excluding steroid dienone is 2. The number of aliphatic hydroxyl groups is 1. The molecule has 1 N–H and O–H groups in total. The number of ketones is 1. The number of aliphatic imine (C=N–C) groups is 1. The zero-order chi connectivity index (χ0) is 17.1. The Morgan fingerprint density at radius 1 is 1.04 bits per heavy atom. The van der Waals surface area contributed by atoms with Gasteiger partial charge in [0.1, 0.15) is 5.76 Å². The number of carbonyl (C=O) groups is 1. The Morgan fingerprint density at radius 2 is 1.71 bits per heavy atom. The molecule has 3 heteroatoms. The zero-order valence-electron chi connectivity index (χ0n) is 14.0. The maximum Gasteiger partial charge on any atom is 0.168 e. The van der Waals surface area contributed by atoms with Gasteiger partial charge in [-0.25, -0.2) is 0 Å². The predicted molar refractivity (Wildman–Crippen MR) is 97.0 cm³/mol. The quantitative estimate of drug-likeness (QED) is 0.805. The number of Topliss-reactive ketones (excluding diaryl/α,β-unsaturated/α-hetero) is 1. The van der Waals surface area contributed by atoms with Crippen molar-refractivity contribution in [3.63, 3.8) is 0 Å². The van der Waals surface area contributed by atoms with Gasteiger partial charge in [0.15, 0.2) is 5.78 Å². The molecule has 0 aromatic heterocycles. The van der Waals surface area contributed by atoms with Crippen molar-refractivity contribution in [2.75, 3.05) is 0 Å². The number of carbonyl (C=O) groups excluding carboxylic acids is 1. The van der Waals surface area contributed by atoms with Crippen molar-refractivity contribution in [3.05, 3.63) is 77.1 Å². The molecule has 3 nitrogen and oxygen atoms in total. The lowest BCUT2D eigenvalue weighted by molar-refractivity contribution is -0.116. The molecule has 0 amide bonds. The van der Waals surface area contributed by atoms with Gasteiger partial charge >= 0.3 is 0 Å². The molecule has 24 heavy (non-hydrogen) atoms. The highest BCUT2D eigenvalue weighted by Gasteiger charge is 2.29. The van der Waals surface area contributed by atoms with Crippen LogP contribution < -0.4 is 0 Å². The first-order valence-electron chi connectivity index (χ1n) is 8.18. The molecule has 0 bridgehead atoms. The zero-order valence-corrected chi connectivity index (χ0v) is 14.0. The van der Waals surface area contributed by atoms with Crippen LogP contribution in [0.25, 0.3) is 0 Å². The van der Waals surface area contributed by atoms with Crippen molar-refractivity contribution in [3.8, 4) is 0 Å². The summed E-state index contributed by atoms with van der Waals surface area (Å²) in [5.74, 6) is 0.145. The normalized spacial score (nSPS) is 18.8. The van der Waals surface area contributed by atoms with Crippen molar-refractivity contribution in [1.29, 1.82) is 0 Å². The summed E-state index contributed by atoms with van der Waals surface area (Å²) in [6, 6.07) is 17.6. The average molecular weight is 319 g/mol. The highest BCUT2D eigenvalue weighted by molar-refractivity contribution is 6.23. The van der Waals surface area contributed by atoms with E-state index < -0.39 is 0 Å². The van der Waals surface area contributed by atoms with E-state index in [1.54, 1.807) is 6.92 Å². The van der Waals surface area contributed by atoms with Crippen LogP contribution in [0.3, 0.4) is 0 Å². The fourth-order valence-electron chi connectivity index (χ4n) is 3.19. The van der Waals surface area contributed by atoms with Gasteiger partial charge in [0.05, 0.1) is 17.0 Å². The number of benzene rings is 2. The maximum atomic E-state index is 12.6. The van der Waals surface area contributed by atoms with Crippen LogP contribution in [-0.2, 0) is 4.79 Å². The Balaban J connectivity index is 1.91. The Hall–Kier alpha value is -2.68. The van der Waals surface area contributed by atoms with E-state index >= 15 is 0 Å². The van der Waals surface area contributed by atoms with Gasteiger partial charge in [-0.3, -0.25) is 9.79 Å². The molecule has 1 unspecified atom stereocenters. The lowest BCUT2D eigenvalue weighted by Crippen LogP contribution is -2.22.